The van der Waals surface area contributed by atoms with Crippen LogP contribution in [0.1, 0.15) is 37.0 Å². The Balaban J connectivity index is 2.15. The number of carbonyl (C=O) groups is 2. The van der Waals surface area contributed by atoms with Gasteiger partial charge in [0.1, 0.15) is 5.75 Å². The summed E-state index contributed by atoms with van der Waals surface area (Å²) < 4.78 is 5.67. The van der Waals surface area contributed by atoms with Gasteiger partial charge in [-0.2, -0.15) is 0 Å². The van der Waals surface area contributed by atoms with Crippen molar-refractivity contribution in [3.63, 3.8) is 0 Å². The van der Waals surface area contributed by atoms with Gasteiger partial charge in [-0.15, -0.1) is 0 Å². The number of hydrogen-bond acceptors (Lipinski definition) is 3. The van der Waals surface area contributed by atoms with Crippen LogP contribution in [-0.2, 0) is 4.79 Å². The Hall–Kier alpha value is -1.75. The standard InChI is InChI=1S/C16H20ClNO4/c1-10(2)22-14-4-3-12(17)9-13(14)15(19)18-7-5-11(6-8-18)16(20)21/h3-4,9-11H,5-8H2,1-2H3,(H,20,21). The zero-order chi connectivity index (χ0) is 16.3. The van der Waals surface area contributed by atoms with Gasteiger partial charge in [-0.05, 0) is 44.9 Å². The number of hydrogen-bond donors (Lipinski definition) is 1. The quantitative estimate of drug-likeness (QED) is 0.924. The van der Waals surface area contributed by atoms with Crippen LogP contribution in [-0.4, -0.2) is 41.1 Å². The Kier molecular flexibility index (Phi) is 5.29. The molecule has 0 bridgehead atoms. The fourth-order valence-corrected chi connectivity index (χ4v) is 2.70. The molecule has 120 valence electrons. The van der Waals surface area contributed by atoms with E-state index in [0.717, 1.165) is 0 Å². The predicted molar refractivity (Wildman–Crippen MR) is 83.5 cm³/mol. The highest BCUT2D eigenvalue weighted by Gasteiger charge is 2.28. The maximum absolute atomic E-state index is 12.7. The monoisotopic (exact) mass is 325 g/mol. The first kappa shape index (κ1) is 16.6. The number of nitrogens with zero attached hydrogens (tertiary/aromatic N) is 1. The molecule has 22 heavy (non-hydrogen) atoms. The molecule has 1 fully saturated rings. The molecule has 0 unspecified atom stereocenters. The highest BCUT2D eigenvalue weighted by Crippen LogP contribution is 2.27. The number of carbonyl (C=O) groups excluding carboxylic acids is 1. The number of rotatable bonds is 4. The van der Waals surface area contributed by atoms with Crippen LogP contribution < -0.4 is 4.74 Å². The first-order valence-corrected chi connectivity index (χ1v) is 7.74. The third-order valence-electron chi connectivity index (χ3n) is 3.67. The van der Waals surface area contributed by atoms with Gasteiger partial charge < -0.3 is 14.7 Å². The number of carboxylic acid groups (broad SMARTS) is 1. The molecular weight excluding hydrogens is 306 g/mol. The maximum atomic E-state index is 12.7. The lowest BCUT2D eigenvalue weighted by Crippen LogP contribution is -2.40. The molecule has 1 amide bonds. The van der Waals surface area contributed by atoms with Crippen LogP contribution in [0.15, 0.2) is 18.2 Å². The summed E-state index contributed by atoms with van der Waals surface area (Å²) in [7, 11) is 0. The molecule has 1 aromatic rings. The Labute approximate surface area is 134 Å². The van der Waals surface area contributed by atoms with Crippen molar-refractivity contribution in [2.24, 2.45) is 5.92 Å². The van der Waals surface area contributed by atoms with Gasteiger partial charge in [0.05, 0.1) is 17.6 Å². The summed E-state index contributed by atoms with van der Waals surface area (Å²) in [6, 6.07) is 4.98. The summed E-state index contributed by atoms with van der Waals surface area (Å²) in [5.41, 5.74) is 0.426. The number of ether oxygens (including phenoxy) is 1. The summed E-state index contributed by atoms with van der Waals surface area (Å²) in [5.74, 6) is -0.819. The van der Waals surface area contributed by atoms with Crippen LogP contribution in [0.25, 0.3) is 0 Å². The predicted octanol–water partition coefficient (Wildman–Crippen LogP) is 3.06. The molecule has 1 aliphatic rings. The van der Waals surface area contributed by atoms with Crippen LogP contribution in [0.3, 0.4) is 0 Å². The van der Waals surface area contributed by atoms with Gasteiger partial charge in [0.15, 0.2) is 0 Å². The minimum Gasteiger partial charge on any atom is -0.490 e. The molecule has 1 N–H and O–H groups in total. The van der Waals surface area contributed by atoms with Gasteiger partial charge >= 0.3 is 5.97 Å². The second-order valence-corrected chi connectivity index (χ2v) is 6.15. The van der Waals surface area contributed by atoms with E-state index in [1.807, 2.05) is 13.8 Å². The zero-order valence-electron chi connectivity index (χ0n) is 12.7. The van der Waals surface area contributed by atoms with Gasteiger partial charge in [0, 0.05) is 18.1 Å². The first-order chi connectivity index (χ1) is 10.4. The Morgan fingerprint density at radius 3 is 2.50 bits per heavy atom. The van der Waals surface area contributed by atoms with Gasteiger partial charge in [0.25, 0.3) is 5.91 Å². The lowest BCUT2D eigenvalue weighted by molar-refractivity contribution is -0.143. The maximum Gasteiger partial charge on any atom is 0.306 e. The topological polar surface area (TPSA) is 66.8 Å². The van der Waals surface area contributed by atoms with E-state index in [1.165, 1.54) is 0 Å². The van der Waals surface area contributed by atoms with Crippen LogP contribution >= 0.6 is 11.6 Å². The zero-order valence-corrected chi connectivity index (χ0v) is 13.5. The van der Waals surface area contributed by atoms with E-state index in [-0.39, 0.29) is 17.9 Å². The largest absolute Gasteiger partial charge is 0.490 e. The van der Waals surface area contributed by atoms with Crippen LogP contribution in [0.2, 0.25) is 5.02 Å². The van der Waals surface area contributed by atoms with Gasteiger partial charge in [-0.25, -0.2) is 0 Å². The smallest absolute Gasteiger partial charge is 0.306 e. The molecule has 0 aromatic heterocycles. The van der Waals surface area contributed by atoms with E-state index in [1.54, 1.807) is 23.1 Å². The lowest BCUT2D eigenvalue weighted by Gasteiger charge is -2.30. The molecular formula is C16H20ClNO4. The van der Waals surface area contributed by atoms with E-state index in [2.05, 4.69) is 0 Å². The molecule has 0 saturated carbocycles. The lowest BCUT2D eigenvalue weighted by atomic mass is 9.96. The Bertz CT molecular complexity index is 565. The number of piperidine rings is 1. The van der Waals surface area contributed by atoms with Crippen LogP contribution in [0, 0.1) is 5.92 Å². The molecule has 1 aromatic carbocycles. The molecule has 5 nitrogen and oxygen atoms in total. The number of aliphatic carboxylic acids is 1. The number of benzene rings is 1. The van der Waals surface area contributed by atoms with Crippen molar-refractivity contribution in [2.45, 2.75) is 32.8 Å². The van der Waals surface area contributed by atoms with E-state index < -0.39 is 5.97 Å². The summed E-state index contributed by atoms with van der Waals surface area (Å²) >= 11 is 6.00. The van der Waals surface area contributed by atoms with Gasteiger partial charge in [-0.1, -0.05) is 11.6 Å². The molecule has 1 aliphatic heterocycles. The highest BCUT2D eigenvalue weighted by molar-refractivity contribution is 6.31. The van der Waals surface area contributed by atoms with E-state index >= 15 is 0 Å². The second-order valence-electron chi connectivity index (χ2n) is 5.71. The van der Waals surface area contributed by atoms with Gasteiger partial charge in [-0.3, -0.25) is 9.59 Å². The Morgan fingerprint density at radius 2 is 1.95 bits per heavy atom. The average molecular weight is 326 g/mol. The molecule has 1 saturated heterocycles. The first-order valence-electron chi connectivity index (χ1n) is 7.36. The summed E-state index contributed by atoms with van der Waals surface area (Å²) in [6.45, 7) is 4.65. The van der Waals surface area contributed by atoms with Crippen molar-refractivity contribution in [3.8, 4) is 5.75 Å². The minimum atomic E-state index is -0.793. The molecule has 0 radical (unpaired) electrons. The Morgan fingerprint density at radius 1 is 1.32 bits per heavy atom. The number of amides is 1. The average Bonchev–Trinajstić information content (AvgIpc) is 2.48. The fourth-order valence-electron chi connectivity index (χ4n) is 2.53. The second kappa shape index (κ2) is 7.01. The molecule has 2 rings (SSSR count). The van der Waals surface area contributed by atoms with Crippen molar-refractivity contribution in [2.75, 3.05) is 13.1 Å². The van der Waals surface area contributed by atoms with Crippen molar-refractivity contribution in [1.29, 1.82) is 0 Å². The van der Waals surface area contributed by atoms with Crippen LogP contribution in [0.5, 0.6) is 5.75 Å². The normalized spacial score (nSPS) is 15.9. The summed E-state index contributed by atoms with van der Waals surface area (Å²) in [4.78, 5) is 25.3. The summed E-state index contributed by atoms with van der Waals surface area (Å²) in [6.07, 6.45) is 0.898. The molecule has 6 heteroatoms. The van der Waals surface area contributed by atoms with E-state index in [4.69, 9.17) is 21.4 Å². The molecule has 0 spiro atoms. The minimum absolute atomic E-state index is 0.0505. The third kappa shape index (κ3) is 3.91. The van der Waals surface area contributed by atoms with E-state index in [0.29, 0.717) is 42.3 Å². The molecule has 0 aliphatic carbocycles. The van der Waals surface area contributed by atoms with E-state index in [9.17, 15) is 9.59 Å². The number of likely N-dealkylation sites (tertiary alicyclic amines) is 1. The van der Waals surface area contributed by atoms with Crippen molar-refractivity contribution >= 4 is 23.5 Å². The van der Waals surface area contributed by atoms with Crippen molar-refractivity contribution in [3.05, 3.63) is 28.8 Å². The van der Waals surface area contributed by atoms with Crippen molar-refractivity contribution in [1.82, 2.24) is 4.90 Å². The SMILES string of the molecule is CC(C)Oc1ccc(Cl)cc1C(=O)N1CCC(C(=O)O)CC1. The van der Waals surface area contributed by atoms with Gasteiger partial charge in [0.2, 0.25) is 0 Å². The highest BCUT2D eigenvalue weighted by atomic mass is 35.5. The van der Waals surface area contributed by atoms with Crippen molar-refractivity contribution < 1.29 is 19.4 Å². The number of halogens is 1. The molecule has 0 atom stereocenters. The number of carboxylic acids is 1. The fraction of sp³-hybridized carbons (Fsp3) is 0.500. The summed E-state index contributed by atoms with van der Waals surface area (Å²) in [5, 5.41) is 9.49. The third-order valence-corrected chi connectivity index (χ3v) is 3.90. The van der Waals surface area contributed by atoms with Crippen LogP contribution in [0.4, 0.5) is 0 Å². The molecule has 1 heterocycles.